The molecule has 2 aromatic rings. The Balaban J connectivity index is 1.02. The summed E-state index contributed by atoms with van der Waals surface area (Å²) < 4.78 is 6.12. The molecule has 3 unspecified atom stereocenters. The first-order valence-corrected chi connectivity index (χ1v) is 16.1. The Morgan fingerprint density at radius 1 is 1.00 bits per heavy atom. The van der Waals surface area contributed by atoms with Crippen molar-refractivity contribution in [3.05, 3.63) is 65.7 Å². The zero-order chi connectivity index (χ0) is 28.8. The normalized spacial score (nSPS) is 35.0. The van der Waals surface area contributed by atoms with Crippen LogP contribution in [0, 0.1) is 40.4 Å². The minimum atomic E-state index is -0.907. The van der Waals surface area contributed by atoms with Gasteiger partial charge in [0.15, 0.2) is 0 Å². The second-order valence-corrected chi connectivity index (χ2v) is 14.3. The van der Waals surface area contributed by atoms with Gasteiger partial charge in [0.05, 0.1) is 18.3 Å². The average Bonchev–Trinajstić information content (AvgIpc) is 3.33. The molecule has 2 aromatic carbocycles. The number of hydrogen-bond donors (Lipinski definition) is 2. The molecule has 0 saturated heterocycles. The summed E-state index contributed by atoms with van der Waals surface area (Å²) in [5, 5.41) is 19.6. The lowest BCUT2D eigenvalue weighted by Gasteiger charge is -2.58. The third-order valence-corrected chi connectivity index (χ3v) is 12.2. The minimum Gasteiger partial charge on any atom is -0.494 e. The highest BCUT2D eigenvalue weighted by Crippen LogP contribution is 2.67. The summed E-state index contributed by atoms with van der Waals surface area (Å²) in [6.45, 7) is 8.39. The van der Waals surface area contributed by atoms with Crippen molar-refractivity contribution in [3.8, 4) is 16.9 Å². The van der Waals surface area contributed by atoms with E-state index < -0.39 is 5.97 Å². The standard InChI is InChI=1S/C37H48O4/c1-24(6-5-21-41-30-12-9-25(10-13-30)26-7-4-8-27(22-26)35(39)40)32-15-16-33-31-14-11-28-23-29(38)17-19-36(28,2)34(31)18-20-37(32,33)3/h4,7-13,22,24,29,31-34,38H,5-6,14-21,23H2,1-3H3,(H,39,40)/t24-,29+,31?,32-,33?,34?,36+,37-/m1/s1. The molecule has 2 N–H and O–H groups in total. The molecule has 3 fully saturated rings. The lowest BCUT2D eigenvalue weighted by atomic mass is 9.47. The van der Waals surface area contributed by atoms with E-state index in [1.54, 1.807) is 23.8 Å². The van der Waals surface area contributed by atoms with Gasteiger partial charge in [-0.05, 0) is 140 Å². The van der Waals surface area contributed by atoms with Crippen LogP contribution in [0.1, 0.15) is 95.3 Å². The number of aliphatic hydroxyl groups excluding tert-OH is 1. The van der Waals surface area contributed by atoms with Crippen molar-refractivity contribution in [2.45, 2.75) is 91.1 Å². The molecule has 4 nitrogen and oxygen atoms in total. The van der Waals surface area contributed by atoms with Gasteiger partial charge in [-0.1, -0.05) is 56.7 Å². The van der Waals surface area contributed by atoms with Gasteiger partial charge in [0.2, 0.25) is 0 Å². The molecular weight excluding hydrogens is 508 g/mol. The molecular formula is C37H48O4. The lowest BCUT2D eigenvalue weighted by Crippen LogP contribution is -2.50. The lowest BCUT2D eigenvalue weighted by molar-refractivity contribution is -0.0573. The van der Waals surface area contributed by atoms with Crippen LogP contribution in [0.5, 0.6) is 5.75 Å². The fourth-order valence-corrected chi connectivity index (χ4v) is 9.99. The number of ether oxygens (including phenoxy) is 1. The highest BCUT2D eigenvalue weighted by molar-refractivity contribution is 5.89. The molecule has 0 radical (unpaired) electrons. The van der Waals surface area contributed by atoms with Gasteiger partial charge in [-0.15, -0.1) is 0 Å². The zero-order valence-corrected chi connectivity index (χ0v) is 25.1. The number of allylic oxidation sites excluding steroid dienone is 1. The third-order valence-electron chi connectivity index (χ3n) is 12.2. The number of benzene rings is 2. The monoisotopic (exact) mass is 556 g/mol. The molecule has 6 rings (SSSR count). The van der Waals surface area contributed by atoms with Crippen LogP contribution in [-0.4, -0.2) is 28.9 Å². The number of carboxylic acid groups (broad SMARTS) is 1. The summed E-state index contributed by atoms with van der Waals surface area (Å²) in [6.07, 6.45) is 14.5. The maximum atomic E-state index is 11.3. The van der Waals surface area contributed by atoms with Gasteiger partial charge in [-0.3, -0.25) is 0 Å². The fourth-order valence-electron chi connectivity index (χ4n) is 9.99. The largest absolute Gasteiger partial charge is 0.494 e. The second kappa shape index (κ2) is 11.2. The van der Waals surface area contributed by atoms with Gasteiger partial charge in [0.1, 0.15) is 5.75 Å². The van der Waals surface area contributed by atoms with Crippen LogP contribution in [0.25, 0.3) is 11.1 Å². The molecule has 4 aliphatic rings. The van der Waals surface area contributed by atoms with E-state index in [1.807, 2.05) is 30.3 Å². The van der Waals surface area contributed by atoms with E-state index in [0.717, 1.165) is 66.4 Å². The van der Waals surface area contributed by atoms with E-state index in [-0.39, 0.29) is 6.10 Å². The maximum Gasteiger partial charge on any atom is 0.335 e. The van der Waals surface area contributed by atoms with Crippen molar-refractivity contribution < 1.29 is 19.7 Å². The molecule has 0 aromatic heterocycles. The fraction of sp³-hybridized carbons (Fsp3) is 0.595. The number of fused-ring (bicyclic) bond motifs is 5. The van der Waals surface area contributed by atoms with Crippen molar-refractivity contribution in [2.24, 2.45) is 40.4 Å². The molecule has 3 saturated carbocycles. The van der Waals surface area contributed by atoms with E-state index in [9.17, 15) is 15.0 Å². The van der Waals surface area contributed by atoms with Crippen LogP contribution >= 0.6 is 0 Å². The van der Waals surface area contributed by atoms with Gasteiger partial charge >= 0.3 is 5.97 Å². The maximum absolute atomic E-state index is 11.3. The van der Waals surface area contributed by atoms with Crippen molar-refractivity contribution in [1.29, 1.82) is 0 Å². The molecule has 0 amide bonds. The summed E-state index contributed by atoms with van der Waals surface area (Å²) in [4.78, 5) is 11.3. The molecule has 4 heteroatoms. The highest BCUT2D eigenvalue weighted by Gasteiger charge is 2.59. The Kier molecular flexibility index (Phi) is 7.82. The van der Waals surface area contributed by atoms with Crippen molar-refractivity contribution in [1.82, 2.24) is 0 Å². The van der Waals surface area contributed by atoms with Gasteiger partial charge in [-0.25, -0.2) is 4.79 Å². The predicted molar refractivity (Wildman–Crippen MR) is 164 cm³/mol. The number of aromatic carboxylic acids is 1. The highest BCUT2D eigenvalue weighted by atomic mass is 16.5. The van der Waals surface area contributed by atoms with Crippen molar-refractivity contribution in [3.63, 3.8) is 0 Å². The van der Waals surface area contributed by atoms with Gasteiger partial charge in [0.25, 0.3) is 0 Å². The second-order valence-electron chi connectivity index (χ2n) is 14.3. The molecule has 0 bridgehead atoms. The Hall–Kier alpha value is -2.59. The Morgan fingerprint density at radius 3 is 2.59 bits per heavy atom. The molecule has 4 aliphatic carbocycles. The number of carbonyl (C=O) groups is 1. The topological polar surface area (TPSA) is 66.8 Å². The summed E-state index contributed by atoms with van der Waals surface area (Å²) >= 11 is 0. The zero-order valence-electron chi connectivity index (χ0n) is 25.1. The first-order chi connectivity index (χ1) is 19.7. The number of rotatable bonds is 8. The summed E-state index contributed by atoms with van der Waals surface area (Å²) in [6, 6.07) is 15.1. The quantitative estimate of drug-likeness (QED) is 0.252. The van der Waals surface area contributed by atoms with E-state index in [4.69, 9.17) is 4.74 Å². The van der Waals surface area contributed by atoms with Gasteiger partial charge in [0, 0.05) is 0 Å². The summed E-state index contributed by atoms with van der Waals surface area (Å²) in [7, 11) is 0. The molecule has 41 heavy (non-hydrogen) atoms. The first-order valence-electron chi connectivity index (χ1n) is 16.1. The number of hydrogen-bond acceptors (Lipinski definition) is 3. The molecule has 220 valence electrons. The van der Waals surface area contributed by atoms with Crippen LogP contribution in [0.4, 0.5) is 0 Å². The van der Waals surface area contributed by atoms with E-state index >= 15 is 0 Å². The first kappa shape index (κ1) is 28.5. The Bertz CT molecular complexity index is 1280. The summed E-state index contributed by atoms with van der Waals surface area (Å²) in [5.74, 6) is 3.97. The number of aliphatic hydroxyl groups is 1. The van der Waals surface area contributed by atoms with Crippen molar-refractivity contribution in [2.75, 3.05) is 6.61 Å². The Morgan fingerprint density at radius 2 is 1.80 bits per heavy atom. The van der Waals surface area contributed by atoms with E-state index in [2.05, 4.69) is 26.8 Å². The van der Waals surface area contributed by atoms with Crippen LogP contribution in [-0.2, 0) is 0 Å². The molecule has 0 heterocycles. The van der Waals surface area contributed by atoms with Crippen molar-refractivity contribution >= 4 is 5.97 Å². The smallest absolute Gasteiger partial charge is 0.335 e. The predicted octanol–water partition coefficient (Wildman–Crippen LogP) is 8.79. The van der Waals surface area contributed by atoms with Crippen LogP contribution < -0.4 is 4.74 Å². The van der Waals surface area contributed by atoms with Gasteiger partial charge in [-0.2, -0.15) is 0 Å². The Labute approximate surface area is 246 Å². The molecule has 0 spiro atoms. The van der Waals surface area contributed by atoms with E-state index in [0.29, 0.717) is 22.3 Å². The number of carboxylic acids is 1. The molecule has 8 atom stereocenters. The van der Waals surface area contributed by atoms with E-state index in [1.165, 1.54) is 44.9 Å². The van der Waals surface area contributed by atoms with Crippen LogP contribution in [0.3, 0.4) is 0 Å². The van der Waals surface area contributed by atoms with Gasteiger partial charge < -0.3 is 14.9 Å². The molecule has 0 aliphatic heterocycles. The van der Waals surface area contributed by atoms with Crippen LogP contribution in [0.15, 0.2) is 60.2 Å². The average molecular weight is 557 g/mol. The SMILES string of the molecule is C[C@H](CCCOc1ccc(-c2cccc(C(=O)O)c2)cc1)[C@H]1CCC2C3CC=C4C[C@@H](O)CC[C@]4(C)C3CC[C@@]21C. The summed E-state index contributed by atoms with van der Waals surface area (Å²) in [5.41, 5.74) is 4.56. The van der Waals surface area contributed by atoms with Crippen LogP contribution in [0.2, 0.25) is 0 Å². The minimum absolute atomic E-state index is 0.122. The third kappa shape index (κ3) is 5.26.